The summed E-state index contributed by atoms with van der Waals surface area (Å²) in [4.78, 5) is 27.5. The lowest BCUT2D eigenvalue weighted by Gasteiger charge is -2.24. The van der Waals surface area contributed by atoms with Crippen LogP contribution in [0, 0.1) is 0 Å². The van der Waals surface area contributed by atoms with Gasteiger partial charge in [-0.2, -0.15) is 0 Å². The first-order valence-corrected chi connectivity index (χ1v) is 11.6. The molecule has 2 amide bonds. The largest absolute Gasteiger partial charge is 0.343 e. The van der Waals surface area contributed by atoms with Crippen molar-refractivity contribution in [1.82, 2.24) is 15.3 Å². The zero-order valence-electron chi connectivity index (χ0n) is 18.4. The molecule has 31 heavy (non-hydrogen) atoms. The highest BCUT2D eigenvalue weighted by atomic mass is 16.5. The van der Waals surface area contributed by atoms with E-state index in [0.717, 1.165) is 71.2 Å². The normalized spacial score (nSPS) is 14.0. The van der Waals surface area contributed by atoms with Gasteiger partial charge in [0, 0.05) is 32.5 Å². The summed E-state index contributed by atoms with van der Waals surface area (Å²) in [6.07, 6.45) is 6.82. The number of likely N-dealkylation sites (tertiary alicyclic amines) is 1. The summed E-state index contributed by atoms with van der Waals surface area (Å²) in [7, 11) is 0. The standard InChI is InChI=1S/C25H35N3O3/c29-24(26-31)13-2-1-5-16-27(17-8-19-28-18-7-14-25(28)30)20-15-22-11-6-10-21-9-3-4-12-23(21)22/h3-4,6,9-12,31H,1-2,5,7-8,13-20H2,(H,26,29). The number of carbonyl (C=O) groups excluding carboxylic acids is 2. The number of benzene rings is 2. The first-order chi connectivity index (χ1) is 15.2. The van der Waals surface area contributed by atoms with Crippen molar-refractivity contribution in [2.75, 3.05) is 32.7 Å². The summed E-state index contributed by atoms with van der Waals surface area (Å²) in [6, 6.07) is 15.0. The first-order valence-electron chi connectivity index (χ1n) is 11.6. The van der Waals surface area contributed by atoms with Gasteiger partial charge in [0.1, 0.15) is 0 Å². The molecule has 1 fully saturated rings. The minimum Gasteiger partial charge on any atom is -0.343 e. The molecule has 0 aromatic heterocycles. The van der Waals surface area contributed by atoms with Crippen LogP contribution in [0.2, 0.25) is 0 Å². The van der Waals surface area contributed by atoms with Gasteiger partial charge in [-0.1, -0.05) is 48.9 Å². The monoisotopic (exact) mass is 425 g/mol. The van der Waals surface area contributed by atoms with Gasteiger partial charge in [0.2, 0.25) is 11.8 Å². The van der Waals surface area contributed by atoms with Crippen LogP contribution in [0.3, 0.4) is 0 Å². The molecule has 168 valence electrons. The minimum absolute atomic E-state index is 0.296. The van der Waals surface area contributed by atoms with Gasteiger partial charge < -0.3 is 9.80 Å². The number of carbonyl (C=O) groups is 2. The van der Waals surface area contributed by atoms with E-state index in [1.165, 1.54) is 16.3 Å². The van der Waals surface area contributed by atoms with E-state index in [2.05, 4.69) is 47.4 Å². The van der Waals surface area contributed by atoms with Crippen molar-refractivity contribution in [3.8, 4) is 0 Å². The SMILES string of the molecule is O=C(CCCCCN(CCCN1CCCC1=O)CCc1cccc2ccccc12)NO. The Labute approximate surface area is 185 Å². The summed E-state index contributed by atoms with van der Waals surface area (Å²) in [6.45, 7) is 4.70. The fraction of sp³-hybridized carbons (Fsp3) is 0.520. The van der Waals surface area contributed by atoms with E-state index in [-0.39, 0.29) is 5.91 Å². The predicted octanol–water partition coefficient (Wildman–Crippen LogP) is 3.76. The molecule has 0 aliphatic carbocycles. The lowest BCUT2D eigenvalue weighted by atomic mass is 10.0. The quantitative estimate of drug-likeness (QED) is 0.291. The molecular weight excluding hydrogens is 390 g/mol. The maximum atomic E-state index is 11.9. The zero-order chi connectivity index (χ0) is 21.9. The first kappa shape index (κ1) is 23.2. The molecule has 1 aliphatic rings. The molecule has 2 aromatic carbocycles. The second-order valence-corrected chi connectivity index (χ2v) is 8.41. The molecule has 0 unspecified atom stereocenters. The second-order valence-electron chi connectivity index (χ2n) is 8.41. The Hall–Kier alpha value is -2.44. The highest BCUT2D eigenvalue weighted by molar-refractivity contribution is 5.85. The van der Waals surface area contributed by atoms with Gasteiger partial charge >= 0.3 is 0 Å². The number of hydrogen-bond donors (Lipinski definition) is 2. The van der Waals surface area contributed by atoms with Gasteiger partial charge in [0.05, 0.1) is 0 Å². The Kier molecular flexibility index (Phi) is 9.31. The molecule has 2 N–H and O–H groups in total. The van der Waals surface area contributed by atoms with Gasteiger partial charge in [-0.3, -0.25) is 14.8 Å². The molecule has 1 saturated heterocycles. The molecule has 6 heteroatoms. The van der Waals surface area contributed by atoms with Crippen molar-refractivity contribution in [1.29, 1.82) is 0 Å². The lowest BCUT2D eigenvalue weighted by Crippen LogP contribution is -2.32. The molecule has 0 radical (unpaired) electrons. The minimum atomic E-state index is -0.317. The molecule has 0 atom stereocenters. The number of amides is 2. The van der Waals surface area contributed by atoms with E-state index in [9.17, 15) is 9.59 Å². The fourth-order valence-corrected chi connectivity index (χ4v) is 4.40. The van der Waals surface area contributed by atoms with E-state index in [0.29, 0.717) is 18.7 Å². The maximum absolute atomic E-state index is 11.9. The third-order valence-corrected chi connectivity index (χ3v) is 6.15. The third kappa shape index (κ3) is 7.33. The van der Waals surface area contributed by atoms with Gasteiger partial charge in [0.25, 0.3) is 0 Å². The molecule has 0 saturated carbocycles. The second kappa shape index (κ2) is 12.4. The number of nitrogens with one attached hydrogen (secondary N) is 1. The number of nitrogens with zero attached hydrogens (tertiary/aromatic N) is 2. The summed E-state index contributed by atoms with van der Waals surface area (Å²) in [5, 5.41) is 11.2. The van der Waals surface area contributed by atoms with E-state index in [1.807, 2.05) is 4.90 Å². The molecule has 0 bridgehead atoms. The summed E-state index contributed by atoms with van der Waals surface area (Å²) in [5.74, 6) is -0.0208. The van der Waals surface area contributed by atoms with Crippen molar-refractivity contribution < 1.29 is 14.8 Å². The van der Waals surface area contributed by atoms with Crippen molar-refractivity contribution in [3.05, 3.63) is 48.0 Å². The molecular formula is C25H35N3O3. The van der Waals surface area contributed by atoms with Crippen molar-refractivity contribution in [2.45, 2.75) is 51.4 Å². The van der Waals surface area contributed by atoms with E-state index >= 15 is 0 Å². The number of fused-ring (bicyclic) bond motifs is 1. The van der Waals surface area contributed by atoms with Crippen molar-refractivity contribution >= 4 is 22.6 Å². The predicted molar refractivity (Wildman–Crippen MR) is 123 cm³/mol. The van der Waals surface area contributed by atoms with Crippen molar-refractivity contribution in [3.63, 3.8) is 0 Å². The highest BCUT2D eigenvalue weighted by Gasteiger charge is 2.19. The molecule has 1 heterocycles. The molecule has 1 aliphatic heterocycles. The van der Waals surface area contributed by atoms with Gasteiger partial charge in [0.15, 0.2) is 0 Å². The Morgan fingerprint density at radius 3 is 2.61 bits per heavy atom. The molecule has 0 spiro atoms. The number of rotatable bonds is 13. The fourth-order valence-electron chi connectivity index (χ4n) is 4.40. The smallest absolute Gasteiger partial charge is 0.243 e. The van der Waals surface area contributed by atoms with Crippen LogP contribution in [-0.4, -0.2) is 59.5 Å². The molecule has 3 rings (SSSR count). The van der Waals surface area contributed by atoms with E-state index in [1.54, 1.807) is 5.48 Å². The van der Waals surface area contributed by atoms with E-state index < -0.39 is 0 Å². The van der Waals surface area contributed by atoms with Crippen LogP contribution in [0.5, 0.6) is 0 Å². The third-order valence-electron chi connectivity index (χ3n) is 6.15. The maximum Gasteiger partial charge on any atom is 0.243 e. The zero-order valence-corrected chi connectivity index (χ0v) is 18.4. The summed E-state index contributed by atoms with van der Waals surface area (Å²) >= 11 is 0. The van der Waals surface area contributed by atoms with Crippen LogP contribution in [0.25, 0.3) is 10.8 Å². The van der Waals surface area contributed by atoms with Crippen LogP contribution in [0.4, 0.5) is 0 Å². The number of unbranched alkanes of at least 4 members (excludes halogenated alkanes) is 2. The van der Waals surface area contributed by atoms with Crippen LogP contribution in [0.1, 0.15) is 50.5 Å². The number of hydroxylamine groups is 1. The Balaban J connectivity index is 1.51. The summed E-state index contributed by atoms with van der Waals surface area (Å²) in [5.41, 5.74) is 3.07. The van der Waals surface area contributed by atoms with Crippen LogP contribution < -0.4 is 5.48 Å². The molecule has 6 nitrogen and oxygen atoms in total. The van der Waals surface area contributed by atoms with Crippen LogP contribution in [-0.2, 0) is 16.0 Å². The average molecular weight is 426 g/mol. The van der Waals surface area contributed by atoms with Gasteiger partial charge in [-0.05, 0) is 61.5 Å². The average Bonchev–Trinajstić information content (AvgIpc) is 3.21. The van der Waals surface area contributed by atoms with Gasteiger partial charge in [-0.25, -0.2) is 5.48 Å². The van der Waals surface area contributed by atoms with Crippen LogP contribution in [0.15, 0.2) is 42.5 Å². The van der Waals surface area contributed by atoms with Crippen molar-refractivity contribution in [2.24, 2.45) is 0 Å². The Morgan fingerprint density at radius 2 is 1.81 bits per heavy atom. The molecule has 2 aromatic rings. The highest BCUT2D eigenvalue weighted by Crippen LogP contribution is 2.19. The van der Waals surface area contributed by atoms with Gasteiger partial charge in [-0.15, -0.1) is 0 Å². The van der Waals surface area contributed by atoms with Crippen LogP contribution >= 0.6 is 0 Å². The Bertz CT molecular complexity index is 850. The number of hydrogen-bond acceptors (Lipinski definition) is 4. The van der Waals surface area contributed by atoms with E-state index in [4.69, 9.17) is 5.21 Å². The topological polar surface area (TPSA) is 72.9 Å². The lowest BCUT2D eigenvalue weighted by molar-refractivity contribution is -0.129. The Morgan fingerprint density at radius 1 is 1.00 bits per heavy atom. The summed E-state index contributed by atoms with van der Waals surface area (Å²) < 4.78 is 0.